The van der Waals surface area contributed by atoms with Gasteiger partial charge in [-0.25, -0.2) is 19.5 Å². The molecule has 1 aliphatic rings. The lowest BCUT2D eigenvalue weighted by Gasteiger charge is -2.15. The van der Waals surface area contributed by atoms with E-state index in [4.69, 9.17) is 11.6 Å². The zero-order valence-corrected chi connectivity index (χ0v) is 17.0. The van der Waals surface area contributed by atoms with E-state index in [-0.39, 0.29) is 27.8 Å². The van der Waals surface area contributed by atoms with Crippen molar-refractivity contribution >= 4 is 35.2 Å². The summed E-state index contributed by atoms with van der Waals surface area (Å²) in [6, 6.07) is 5.53. The lowest BCUT2D eigenvalue weighted by atomic mass is 10.1. The van der Waals surface area contributed by atoms with Crippen LogP contribution in [0, 0.1) is 17.1 Å². The topological polar surface area (TPSA) is 111 Å². The Labute approximate surface area is 187 Å². The van der Waals surface area contributed by atoms with Crippen LogP contribution in [-0.2, 0) is 6.18 Å². The minimum absolute atomic E-state index is 0.0253. The van der Waals surface area contributed by atoms with Crippen LogP contribution in [0.2, 0.25) is 5.02 Å². The average Bonchev–Trinajstić information content (AvgIpc) is 3.43. The summed E-state index contributed by atoms with van der Waals surface area (Å²) in [4.78, 5) is 16.7. The van der Waals surface area contributed by atoms with Crippen molar-refractivity contribution in [3.8, 4) is 11.8 Å². The molecule has 3 heterocycles. The molecule has 0 radical (unpaired) electrons. The number of benzene rings is 1. The summed E-state index contributed by atoms with van der Waals surface area (Å²) in [5.41, 5.74) is -0.103. The van der Waals surface area contributed by atoms with Crippen molar-refractivity contribution in [2.24, 2.45) is 5.10 Å². The number of hydrogen-bond acceptors (Lipinski definition) is 7. The highest BCUT2D eigenvalue weighted by Gasteiger charge is 2.41. The van der Waals surface area contributed by atoms with Crippen molar-refractivity contribution in [3.05, 3.63) is 64.3 Å². The molecular formula is C19H11ClF4N8O. The van der Waals surface area contributed by atoms with Crippen LogP contribution in [0.4, 0.5) is 29.1 Å². The van der Waals surface area contributed by atoms with E-state index in [1.54, 1.807) is 12.3 Å². The maximum absolute atomic E-state index is 13.9. The van der Waals surface area contributed by atoms with Crippen molar-refractivity contribution < 1.29 is 22.4 Å². The molecule has 1 amide bonds. The fourth-order valence-electron chi connectivity index (χ4n) is 3.03. The van der Waals surface area contributed by atoms with E-state index in [0.29, 0.717) is 17.4 Å². The summed E-state index contributed by atoms with van der Waals surface area (Å²) in [6.07, 6.45) is -1.55. The van der Waals surface area contributed by atoms with Gasteiger partial charge in [-0.15, -0.1) is 0 Å². The van der Waals surface area contributed by atoms with Gasteiger partial charge in [-0.05, 0) is 24.3 Å². The number of hydrogen-bond donors (Lipinski definition) is 2. The van der Waals surface area contributed by atoms with Crippen LogP contribution in [0.1, 0.15) is 21.6 Å². The van der Waals surface area contributed by atoms with Gasteiger partial charge in [-0.1, -0.05) is 11.6 Å². The number of anilines is 2. The Balaban J connectivity index is 1.68. The van der Waals surface area contributed by atoms with Gasteiger partial charge in [0.2, 0.25) is 0 Å². The van der Waals surface area contributed by atoms with E-state index in [1.165, 1.54) is 17.4 Å². The smallest absolute Gasteiger partial charge is 0.320 e. The zero-order chi connectivity index (χ0) is 23.8. The number of carbonyl (C=O) groups excluding carboxylic acids is 1. The highest BCUT2D eigenvalue weighted by molar-refractivity contribution is 6.33. The van der Waals surface area contributed by atoms with Crippen molar-refractivity contribution in [1.29, 1.82) is 5.26 Å². The number of carbonyl (C=O) groups is 1. The van der Waals surface area contributed by atoms with Gasteiger partial charge in [0.05, 0.1) is 46.5 Å². The van der Waals surface area contributed by atoms with Crippen molar-refractivity contribution in [2.45, 2.75) is 6.18 Å². The number of alkyl halides is 3. The molecule has 0 fully saturated rings. The quantitative estimate of drug-likeness (QED) is 0.555. The Bertz CT molecular complexity index is 1310. The van der Waals surface area contributed by atoms with E-state index >= 15 is 0 Å². The molecule has 14 heteroatoms. The molecule has 0 spiro atoms. The molecule has 0 bridgehead atoms. The lowest BCUT2D eigenvalue weighted by molar-refractivity contribution is -0.143. The largest absolute Gasteiger partial charge is 0.434 e. The number of aromatic nitrogens is 3. The number of amides is 1. The van der Waals surface area contributed by atoms with Crippen LogP contribution in [0.3, 0.4) is 0 Å². The van der Waals surface area contributed by atoms with Crippen LogP contribution >= 0.6 is 11.6 Å². The van der Waals surface area contributed by atoms with E-state index in [2.05, 4.69) is 25.9 Å². The Hall–Kier alpha value is -4.02. The van der Waals surface area contributed by atoms with Crippen molar-refractivity contribution in [1.82, 2.24) is 20.2 Å². The van der Waals surface area contributed by atoms with Gasteiger partial charge in [0.1, 0.15) is 11.9 Å². The van der Waals surface area contributed by atoms with Crippen LogP contribution in [0.5, 0.6) is 0 Å². The molecule has 2 aromatic heterocycles. The van der Waals surface area contributed by atoms with Crippen LogP contribution in [0.15, 0.2) is 41.8 Å². The third-order valence-electron chi connectivity index (χ3n) is 4.40. The lowest BCUT2D eigenvalue weighted by Crippen LogP contribution is -2.29. The SMILES string of the molecule is N#Cc1cc(F)ccc1-n1ncc(C(=O)Nc2cnc(N3N=CCN3)c(Cl)c2)c1C(F)(F)F. The van der Waals surface area contributed by atoms with Gasteiger partial charge in [0.25, 0.3) is 5.91 Å². The number of pyridine rings is 1. The summed E-state index contributed by atoms with van der Waals surface area (Å²) >= 11 is 6.15. The van der Waals surface area contributed by atoms with E-state index in [1.807, 2.05) is 0 Å². The van der Waals surface area contributed by atoms with Gasteiger partial charge in [0.15, 0.2) is 11.5 Å². The molecule has 1 aliphatic heterocycles. The summed E-state index contributed by atoms with van der Waals surface area (Å²) in [5.74, 6) is -1.72. The van der Waals surface area contributed by atoms with Crippen molar-refractivity contribution in [2.75, 3.05) is 17.0 Å². The standard InChI is InChI=1S/C19H11ClF4N8O/c20-14-6-12(8-26-17(14)32-27-3-4-28-32)30-18(33)13-9-29-31(16(13)19(22,23)24)15-2-1-11(21)5-10(15)7-25/h1-3,5-6,8-9,28H,4H2,(H,30,33). The van der Waals surface area contributed by atoms with Crippen LogP contribution in [0.25, 0.3) is 5.69 Å². The summed E-state index contributed by atoms with van der Waals surface area (Å²) in [6.45, 7) is 0.461. The van der Waals surface area contributed by atoms with Crippen molar-refractivity contribution in [3.63, 3.8) is 0 Å². The maximum Gasteiger partial charge on any atom is 0.434 e. The fraction of sp³-hybridized carbons (Fsp3) is 0.105. The molecule has 3 aromatic rings. The van der Waals surface area contributed by atoms with Crippen LogP contribution < -0.4 is 15.9 Å². The predicted octanol–water partition coefficient (Wildman–Crippen LogP) is 3.51. The Morgan fingerprint density at radius 1 is 1.27 bits per heavy atom. The summed E-state index contributed by atoms with van der Waals surface area (Å²) in [7, 11) is 0. The Morgan fingerprint density at radius 3 is 2.70 bits per heavy atom. The second-order valence-electron chi connectivity index (χ2n) is 6.55. The minimum atomic E-state index is -5.02. The fourth-order valence-corrected chi connectivity index (χ4v) is 3.27. The maximum atomic E-state index is 13.9. The molecule has 9 nitrogen and oxygen atoms in total. The number of nitriles is 1. The molecule has 1 aromatic carbocycles. The second-order valence-corrected chi connectivity index (χ2v) is 6.95. The number of hydrazone groups is 1. The zero-order valence-electron chi connectivity index (χ0n) is 16.2. The minimum Gasteiger partial charge on any atom is -0.320 e. The van der Waals surface area contributed by atoms with E-state index < -0.39 is 29.2 Å². The molecule has 33 heavy (non-hydrogen) atoms. The molecule has 4 rings (SSSR count). The summed E-state index contributed by atoms with van der Waals surface area (Å²) in [5, 5.41) is 20.5. The Morgan fingerprint density at radius 2 is 2.06 bits per heavy atom. The highest BCUT2D eigenvalue weighted by Crippen LogP contribution is 2.35. The average molecular weight is 479 g/mol. The monoisotopic (exact) mass is 478 g/mol. The predicted molar refractivity (Wildman–Crippen MR) is 109 cm³/mol. The van der Waals surface area contributed by atoms with Gasteiger partial charge >= 0.3 is 6.18 Å². The number of halogens is 5. The van der Waals surface area contributed by atoms with Crippen LogP contribution in [-0.4, -0.2) is 33.4 Å². The molecule has 0 unspecified atom stereocenters. The van der Waals surface area contributed by atoms with E-state index in [0.717, 1.165) is 18.2 Å². The molecular weight excluding hydrogens is 468 g/mol. The van der Waals surface area contributed by atoms with E-state index in [9.17, 15) is 27.6 Å². The number of nitrogens with zero attached hydrogens (tertiary/aromatic N) is 6. The first-order valence-corrected chi connectivity index (χ1v) is 9.45. The first-order chi connectivity index (χ1) is 15.7. The molecule has 0 aliphatic carbocycles. The Kier molecular flexibility index (Phi) is 5.71. The molecule has 0 atom stereocenters. The second kappa shape index (κ2) is 8.49. The first kappa shape index (κ1) is 22.2. The van der Waals surface area contributed by atoms with Gasteiger partial charge in [-0.3, -0.25) is 4.79 Å². The third-order valence-corrected chi connectivity index (χ3v) is 4.68. The molecule has 2 N–H and O–H groups in total. The third kappa shape index (κ3) is 4.34. The normalized spacial score (nSPS) is 13.3. The number of nitrogens with one attached hydrogen (secondary N) is 2. The molecule has 0 saturated heterocycles. The number of rotatable bonds is 4. The molecule has 0 saturated carbocycles. The van der Waals surface area contributed by atoms with Gasteiger partial charge < -0.3 is 5.32 Å². The summed E-state index contributed by atoms with van der Waals surface area (Å²) < 4.78 is 55.4. The highest BCUT2D eigenvalue weighted by atomic mass is 35.5. The van der Waals surface area contributed by atoms with Gasteiger partial charge in [-0.2, -0.15) is 33.8 Å². The molecule has 168 valence electrons. The van der Waals surface area contributed by atoms with Gasteiger partial charge in [0, 0.05) is 6.21 Å². The number of hydrazine groups is 1. The first-order valence-electron chi connectivity index (χ1n) is 9.07.